The van der Waals surface area contributed by atoms with Crippen molar-refractivity contribution in [2.24, 2.45) is 0 Å². The molecule has 29 heavy (non-hydrogen) atoms. The molecule has 0 fully saturated rings. The van der Waals surface area contributed by atoms with E-state index in [4.69, 9.17) is 0 Å². The van der Waals surface area contributed by atoms with Gasteiger partial charge in [-0.05, 0) is 0 Å². The first-order valence-corrected chi connectivity index (χ1v) is 13.0. The Bertz CT molecular complexity index is 1080. The molecule has 0 aliphatic heterocycles. The van der Waals surface area contributed by atoms with Crippen molar-refractivity contribution in [3.05, 3.63) is 132 Å². The average molecular weight is 459 g/mol. The third-order valence-electron chi connectivity index (χ3n) is 4.70. The minimum atomic E-state index is -3.02. The second-order valence-corrected chi connectivity index (χ2v) is 11.3. The van der Waals surface area contributed by atoms with Crippen LogP contribution in [0.5, 0.6) is 0 Å². The van der Waals surface area contributed by atoms with Gasteiger partial charge in [-0.1, -0.05) is 0 Å². The first-order chi connectivity index (χ1) is 14.3. The molecule has 0 spiro atoms. The van der Waals surface area contributed by atoms with Crippen molar-refractivity contribution in [3.8, 4) is 0 Å². The average Bonchev–Trinajstić information content (AvgIpc) is 2.81. The Kier molecular flexibility index (Phi) is 6.27. The molecule has 0 radical (unpaired) electrons. The van der Waals surface area contributed by atoms with Gasteiger partial charge in [0.1, 0.15) is 0 Å². The van der Waals surface area contributed by atoms with Crippen molar-refractivity contribution < 1.29 is 4.57 Å². The Hall–Kier alpha value is -2.63. The normalized spacial score (nSPS) is 11.9. The van der Waals surface area contributed by atoms with E-state index in [0.717, 1.165) is 21.5 Å². The van der Waals surface area contributed by atoms with Crippen LogP contribution in [0.25, 0.3) is 5.31 Å². The van der Waals surface area contributed by atoms with Gasteiger partial charge < -0.3 is 0 Å². The number of hydrogen-bond acceptors (Lipinski definition) is 1. The Morgan fingerprint density at radius 1 is 0.586 bits per heavy atom. The summed E-state index contributed by atoms with van der Waals surface area (Å²) < 4.78 is 16.1. The molecule has 0 unspecified atom stereocenters. The van der Waals surface area contributed by atoms with E-state index in [1.54, 1.807) is 0 Å². The van der Waals surface area contributed by atoms with Crippen LogP contribution in [-0.4, -0.2) is 15.0 Å². The van der Waals surface area contributed by atoms with Gasteiger partial charge >= 0.3 is 179 Å². The summed E-state index contributed by atoms with van der Waals surface area (Å²) in [7, 11) is -3.02. The summed E-state index contributed by atoms with van der Waals surface area (Å²) >= 11 is 0.0751. The van der Waals surface area contributed by atoms with Crippen molar-refractivity contribution in [3.63, 3.8) is 0 Å². The summed E-state index contributed by atoms with van der Waals surface area (Å²) in [5.74, 6) is 0. The molecule has 4 aromatic rings. The summed E-state index contributed by atoms with van der Waals surface area (Å²) in [6, 6.07) is 40.3. The van der Waals surface area contributed by atoms with E-state index in [9.17, 15) is 4.57 Å². The molecule has 0 saturated carbocycles. The Balaban J connectivity index is 1.93. The third-order valence-corrected chi connectivity index (χ3v) is 10.1. The number of rotatable bonds is 6. The van der Waals surface area contributed by atoms with Gasteiger partial charge in [0.2, 0.25) is 0 Å². The zero-order valence-corrected chi connectivity index (χ0v) is 18.5. The van der Waals surface area contributed by atoms with Gasteiger partial charge in [-0.3, -0.25) is 0 Å². The molecule has 0 amide bonds. The molecule has 0 N–H and O–H groups in total. The van der Waals surface area contributed by atoms with Crippen LogP contribution in [0.15, 0.2) is 126 Å². The molecule has 1 nitrogen and oxygen atoms in total. The maximum atomic E-state index is 14.9. The Morgan fingerprint density at radius 2 is 1.00 bits per heavy atom. The van der Waals surface area contributed by atoms with Crippen molar-refractivity contribution in [1.29, 1.82) is 0 Å². The maximum absolute atomic E-state index is 14.9. The first kappa shape index (κ1) is 19.7. The molecule has 0 aliphatic rings. The van der Waals surface area contributed by atoms with Crippen LogP contribution in [-0.2, 0) is 4.57 Å². The fourth-order valence-corrected chi connectivity index (χ4v) is 8.63. The molecular weight excluding hydrogens is 438 g/mol. The fraction of sp³-hybridized carbons (Fsp3) is 0. The van der Waals surface area contributed by atoms with Crippen LogP contribution in [0, 0.1) is 0 Å². The predicted molar refractivity (Wildman–Crippen MR) is 126 cm³/mol. The van der Waals surface area contributed by atoms with Crippen molar-refractivity contribution >= 4 is 42.5 Å². The molecule has 0 bridgehead atoms. The van der Waals surface area contributed by atoms with Gasteiger partial charge in [0.25, 0.3) is 0 Å². The van der Waals surface area contributed by atoms with Gasteiger partial charge in [0, 0.05) is 0 Å². The van der Waals surface area contributed by atoms with Crippen molar-refractivity contribution in [2.75, 3.05) is 0 Å². The summed E-state index contributed by atoms with van der Waals surface area (Å²) in [5, 5.41) is 2.65. The third kappa shape index (κ3) is 4.36. The van der Waals surface area contributed by atoms with Crippen LogP contribution >= 0.6 is 7.14 Å². The monoisotopic (exact) mass is 460 g/mol. The van der Waals surface area contributed by atoms with Gasteiger partial charge in [-0.15, -0.1) is 0 Å². The van der Waals surface area contributed by atoms with Crippen LogP contribution in [0.2, 0.25) is 0 Å². The van der Waals surface area contributed by atoms with Crippen LogP contribution in [0.4, 0.5) is 0 Å². The summed E-state index contributed by atoms with van der Waals surface area (Å²) in [5.41, 5.74) is 1.02. The molecule has 4 aromatic carbocycles. The van der Waals surface area contributed by atoms with E-state index in [1.165, 1.54) is 4.46 Å². The van der Waals surface area contributed by atoms with E-state index in [1.807, 2.05) is 84.9 Å². The van der Waals surface area contributed by atoms with Gasteiger partial charge in [0.15, 0.2) is 0 Å². The Labute approximate surface area is 178 Å². The first-order valence-electron chi connectivity index (χ1n) is 9.47. The zero-order chi connectivity index (χ0) is 19.9. The van der Waals surface area contributed by atoms with Gasteiger partial charge in [-0.25, -0.2) is 0 Å². The summed E-state index contributed by atoms with van der Waals surface area (Å²) in [4.78, 5) is 2.21. The van der Waals surface area contributed by atoms with E-state index < -0.39 is 7.14 Å². The van der Waals surface area contributed by atoms with Crippen LogP contribution in [0.3, 0.4) is 0 Å². The topological polar surface area (TPSA) is 17.1 Å². The second-order valence-electron chi connectivity index (χ2n) is 6.58. The van der Waals surface area contributed by atoms with E-state index in [-0.39, 0.29) is 15.0 Å². The SMILES string of the molecule is O=P(/C(=C/[Se]c1ccccc1)c1ccccc1)(c1ccccc1)c1ccccc1. The quantitative estimate of drug-likeness (QED) is 0.292. The molecule has 4 rings (SSSR count). The number of benzene rings is 4. The molecular formula is C26H21OPSe. The summed E-state index contributed by atoms with van der Waals surface area (Å²) in [6.45, 7) is 0. The molecule has 0 atom stereocenters. The molecule has 0 aromatic heterocycles. The van der Waals surface area contributed by atoms with E-state index >= 15 is 0 Å². The molecule has 0 saturated heterocycles. The molecule has 142 valence electrons. The van der Waals surface area contributed by atoms with E-state index in [2.05, 4.69) is 41.4 Å². The standard InChI is InChI=1S/C26H21OPSe/c27-28(23-15-7-2-8-16-23,24-17-9-3-10-18-24)26(22-13-5-1-6-14-22)21-29-25-19-11-4-12-20-25/h1-21H/b26-21+. The molecule has 0 heterocycles. The zero-order valence-electron chi connectivity index (χ0n) is 15.9. The summed E-state index contributed by atoms with van der Waals surface area (Å²) in [6.07, 6.45) is 0. The van der Waals surface area contributed by atoms with Crippen molar-refractivity contribution in [2.45, 2.75) is 0 Å². The van der Waals surface area contributed by atoms with Gasteiger partial charge in [-0.2, -0.15) is 0 Å². The second kappa shape index (κ2) is 9.24. The van der Waals surface area contributed by atoms with Gasteiger partial charge in [0.05, 0.1) is 0 Å². The Morgan fingerprint density at radius 3 is 1.48 bits per heavy atom. The predicted octanol–water partition coefficient (Wildman–Crippen LogP) is 5.03. The molecule has 0 aliphatic carbocycles. The van der Waals surface area contributed by atoms with E-state index in [0.29, 0.717) is 0 Å². The van der Waals surface area contributed by atoms with Crippen LogP contribution in [0.1, 0.15) is 5.56 Å². The number of hydrogen-bond donors (Lipinski definition) is 0. The van der Waals surface area contributed by atoms with Crippen molar-refractivity contribution in [1.82, 2.24) is 0 Å². The fourth-order valence-electron chi connectivity index (χ4n) is 3.26. The molecule has 3 heteroatoms. The van der Waals surface area contributed by atoms with Crippen LogP contribution < -0.4 is 15.1 Å². The minimum absolute atomic E-state index is 0.0751.